The standard InChI is InChI=1S/C32H43NO5/c1-27(2)10-12-32(26(36)37-7)13-11-31(6)24(20(32)16-27)21(35)14-23-28(3)15-19-17-33-38-25(19)29(4,18-34)22(28)8-9-30(23,31)5/h14,17-18,20,22,24H,8-13,15-16H2,1-7H3/t20-,22?,24-,28-,29-,30+,31+,32-/m0/s1. The Morgan fingerprint density at radius 3 is 2.47 bits per heavy atom. The summed E-state index contributed by atoms with van der Waals surface area (Å²) >= 11 is 0. The zero-order valence-electron chi connectivity index (χ0n) is 24.1. The summed E-state index contributed by atoms with van der Waals surface area (Å²) in [5, 5.41) is 4.08. The van der Waals surface area contributed by atoms with Crippen molar-refractivity contribution in [3.63, 3.8) is 0 Å². The molecular formula is C32H43NO5. The lowest BCUT2D eigenvalue weighted by molar-refractivity contribution is -0.191. The molecule has 0 N–H and O–H groups in total. The summed E-state index contributed by atoms with van der Waals surface area (Å²) in [5.74, 6) is 0.526. The molecule has 0 amide bonds. The molecule has 6 heteroatoms. The fourth-order valence-corrected chi connectivity index (χ4v) is 10.7. The van der Waals surface area contributed by atoms with E-state index in [-0.39, 0.29) is 51.2 Å². The summed E-state index contributed by atoms with van der Waals surface area (Å²) in [6.45, 7) is 13.5. The van der Waals surface area contributed by atoms with Gasteiger partial charge in [-0.2, -0.15) is 0 Å². The predicted octanol–water partition coefficient (Wildman–Crippen LogP) is 6.02. The van der Waals surface area contributed by atoms with E-state index in [2.05, 4.69) is 39.8 Å². The van der Waals surface area contributed by atoms with Gasteiger partial charge >= 0.3 is 5.97 Å². The molecule has 38 heavy (non-hydrogen) atoms. The monoisotopic (exact) mass is 521 g/mol. The molecule has 1 heterocycles. The Morgan fingerprint density at radius 1 is 1.08 bits per heavy atom. The zero-order valence-corrected chi connectivity index (χ0v) is 24.1. The van der Waals surface area contributed by atoms with Crippen LogP contribution >= 0.6 is 0 Å². The number of esters is 1. The highest BCUT2D eigenvalue weighted by molar-refractivity contribution is 5.96. The van der Waals surface area contributed by atoms with Crippen LogP contribution in [0.25, 0.3) is 0 Å². The van der Waals surface area contributed by atoms with Crippen LogP contribution in [0.3, 0.4) is 0 Å². The second-order valence-electron chi connectivity index (χ2n) is 15.1. The van der Waals surface area contributed by atoms with Gasteiger partial charge in [-0.1, -0.05) is 45.3 Å². The summed E-state index contributed by atoms with van der Waals surface area (Å²) in [5.41, 5.74) is 0.0650. The van der Waals surface area contributed by atoms with Crippen LogP contribution in [0.2, 0.25) is 0 Å². The van der Waals surface area contributed by atoms with Crippen LogP contribution in [-0.2, 0) is 31.0 Å². The smallest absolute Gasteiger partial charge is 0.312 e. The molecule has 5 aliphatic rings. The number of fused-ring (bicyclic) bond motifs is 8. The van der Waals surface area contributed by atoms with Gasteiger partial charge in [-0.15, -0.1) is 0 Å². The molecule has 8 atom stereocenters. The number of ether oxygens (including phenoxy) is 1. The van der Waals surface area contributed by atoms with Gasteiger partial charge in [0.25, 0.3) is 0 Å². The lowest BCUT2D eigenvalue weighted by Crippen LogP contribution is -2.66. The number of hydrogen-bond acceptors (Lipinski definition) is 6. The van der Waals surface area contributed by atoms with Gasteiger partial charge in [-0.05, 0) is 97.9 Å². The Labute approximate surface area is 226 Å². The molecule has 0 radical (unpaired) electrons. The predicted molar refractivity (Wildman–Crippen MR) is 142 cm³/mol. The maximum atomic E-state index is 14.5. The van der Waals surface area contributed by atoms with Gasteiger partial charge in [-0.25, -0.2) is 0 Å². The van der Waals surface area contributed by atoms with Crippen molar-refractivity contribution < 1.29 is 23.6 Å². The number of allylic oxidation sites excluding steroid dienone is 2. The van der Waals surface area contributed by atoms with Crippen molar-refractivity contribution in [2.45, 2.75) is 98.3 Å². The highest BCUT2D eigenvalue weighted by Gasteiger charge is 2.71. The van der Waals surface area contributed by atoms with E-state index in [1.54, 1.807) is 6.20 Å². The highest BCUT2D eigenvalue weighted by atomic mass is 16.5. The SMILES string of the molecule is COC(=O)[C@]12CCC(C)(C)C[C@H]1[C@H]1C(=O)C=C3[C@@]4(C)Cc5cnoc5[C@@](C)(C=O)C4CC[C@@]3(C)[C@]1(C)CC2. The number of ketones is 1. The number of methoxy groups -OCH3 is 1. The van der Waals surface area contributed by atoms with Crippen molar-refractivity contribution in [1.29, 1.82) is 0 Å². The Hall–Kier alpha value is -2.24. The minimum absolute atomic E-state index is 0.0265. The van der Waals surface area contributed by atoms with Crippen molar-refractivity contribution in [1.82, 2.24) is 5.16 Å². The Balaban J connectivity index is 1.52. The molecular weight excluding hydrogens is 478 g/mol. The zero-order chi connectivity index (χ0) is 27.5. The molecule has 0 spiro atoms. The Kier molecular flexibility index (Phi) is 5.27. The van der Waals surface area contributed by atoms with Crippen LogP contribution in [0.15, 0.2) is 22.4 Å². The summed E-state index contributed by atoms with van der Waals surface area (Å²) in [6.07, 6.45) is 11.5. The normalized spacial score (nSPS) is 46.9. The number of carbonyl (C=O) groups excluding carboxylic acids is 3. The van der Waals surface area contributed by atoms with E-state index < -0.39 is 10.8 Å². The first-order chi connectivity index (χ1) is 17.7. The van der Waals surface area contributed by atoms with Crippen LogP contribution in [0, 0.1) is 44.8 Å². The maximum absolute atomic E-state index is 14.5. The van der Waals surface area contributed by atoms with Crippen LogP contribution in [0.4, 0.5) is 0 Å². The van der Waals surface area contributed by atoms with Crippen LogP contribution in [-0.4, -0.2) is 30.3 Å². The lowest BCUT2D eigenvalue weighted by atomic mass is 9.34. The minimum Gasteiger partial charge on any atom is -0.469 e. The quantitative estimate of drug-likeness (QED) is 0.349. The summed E-state index contributed by atoms with van der Waals surface area (Å²) < 4.78 is 11.1. The number of hydrogen-bond donors (Lipinski definition) is 0. The highest BCUT2D eigenvalue weighted by Crippen LogP contribution is 2.74. The number of aldehydes is 1. The third-order valence-corrected chi connectivity index (χ3v) is 12.9. The molecule has 6 rings (SSSR count). The third kappa shape index (κ3) is 2.90. The Morgan fingerprint density at radius 2 is 1.79 bits per heavy atom. The number of aromatic nitrogens is 1. The van der Waals surface area contributed by atoms with Crippen LogP contribution in [0.5, 0.6) is 0 Å². The summed E-state index contributed by atoms with van der Waals surface area (Å²) in [6, 6.07) is 0. The molecule has 1 aromatic rings. The fourth-order valence-electron chi connectivity index (χ4n) is 10.7. The van der Waals surface area contributed by atoms with Crippen LogP contribution < -0.4 is 0 Å². The molecule has 0 bridgehead atoms. The van der Waals surface area contributed by atoms with Crippen molar-refractivity contribution in [2.75, 3.05) is 7.11 Å². The second-order valence-corrected chi connectivity index (χ2v) is 15.1. The average molecular weight is 522 g/mol. The van der Waals surface area contributed by atoms with Gasteiger partial charge in [-0.3, -0.25) is 9.59 Å². The average Bonchev–Trinajstić information content (AvgIpc) is 3.33. The van der Waals surface area contributed by atoms with Crippen molar-refractivity contribution >= 4 is 18.0 Å². The van der Waals surface area contributed by atoms with E-state index in [0.717, 1.165) is 63.2 Å². The first kappa shape index (κ1) is 26.0. The van der Waals surface area contributed by atoms with Gasteiger partial charge in [0.05, 0.1) is 24.1 Å². The number of nitrogens with zero attached hydrogens (tertiary/aromatic N) is 1. The van der Waals surface area contributed by atoms with Crippen LogP contribution in [0.1, 0.15) is 97.8 Å². The lowest BCUT2D eigenvalue weighted by Gasteiger charge is -2.69. The van der Waals surface area contributed by atoms with Crippen molar-refractivity contribution in [3.05, 3.63) is 29.2 Å². The van der Waals surface area contributed by atoms with Gasteiger partial charge < -0.3 is 14.1 Å². The van der Waals surface area contributed by atoms with Gasteiger partial charge in [0, 0.05) is 11.5 Å². The number of carbonyl (C=O) groups is 3. The fraction of sp³-hybridized carbons (Fsp3) is 0.750. The van der Waals surface area contributed by atoms with E-state index in [0.29, 0.717) is 5.76 Å². The molecule has 6 nitrogen and oxygen atoms in total. The minimum atomic E-state index is -0.776. The Bertz CT molecular complexity index is 1260. The van der Waals surface area contributed by atoms with E-state index >= 15 is 0 Å². The molecule has 3 fully saturated rings. The molecule has 206 valence electrons. The first-order valence-corrected chi connectivity index (χ1v) is 14.5. The third-order valence-electron chi connectivity index (χ3n) is 12.9. The summed E-state index contributed by atoms with van der Waals surface area (Å²) in [7, 11) is 1.50. The van der Waals surface area contributed by atoms with E-state index in [1.807, 2.05) is 13.0 Å². The van der Waals surface area contributed by atoms with E-state index in [1.165, 1.54) is 12.7 Å². The van der Waals surface area contributed by atoms with Gasteiger partial charge in [0.1, 0.15) is 6.29 Å². The molecule has 0 saturated heterocycles. The molecule has 3 saturated carbocycles. The topological polar surface area (TPSA) is 86.5 Å². The molecule has 0 aromatic carbocycles. The maximum Gasteiger partial charge on any atom is 0.312 e. The van der Waals surface area contributed by atoms with Crippen molar-refractivity contribution in [3.8, 4) is 0 Å². The number of rotatable bonds is 2. The van der Waals surface area contributed by atoms with Crippen molar-refractivity contribution in [2.24, 2.45) is 44.8 Å². The summed E-state index contributed by atoms with van der Waals surface area (Å²) in [4.78, 5) is 40.5. The molecule has 0 aliphatic heterocycles. The van der Waals surface area contributed by atoms with Gasteiger partial charge in [0.2, 0.25) is 0 Å². The van der Waals surface area contributed by atoms with Gasteiger partial charge in [0.15, 0.2) is 11.5 Å². The molecule has 5 aliphatic carbocycles. The molecule has 1 aromatic heterocycles. The second kappa shape index (κ2) is 7.69. The largest absolute Gasteiger partial charge is 0.469 e. The van der Waals surface area contributed by atoms with E-state index in [4.69, 9.17) is 9.26 Å². The first-order valence-electron chi connectivity index (χ1n) is 14.5. The van der Waals surface area contributed by atoms with E-state index in [9.17, 15) is 14.4 Å². The molecule has 1 unspecified atom stereocenters.